The Morgan fingerprint density at radius 2 is 2.11 bits per heavy atom. The summed E-state index contributed by atoms with van der Waals surface area (Å²) in [6, 6.07) is 2.12. The molecule has 0 spiro atoms. The average molecular weight is 265 g/mol. The number of nitrogens with zero attached hydrogens (tertiary/aromatic N) is 3. The summed E-state index contributed by atoms with van der Waals surface area (Å²) in [5.41, 5.74) is 3.23. The van der Waals surface area contributed by atoms with E-state index in [-0.39, 0.29) is 0 Å². The monoisotopic (exact) mass is 265 g/mol. The number of aromatic nitrogens is 2. The van der Waals surface area contributed by atoms with Gasteiger partial charge in [-0.2, -0.15) is 4.98 Å². The van der Waals surface area contributed by atoms with Gasteiger partial charge in [-0.3, -0.25) is 0 Å². The number of aryl methyl sites for hydroxylation is 1. The zero-order chi connectivity index (χ0) is 13.1. The van der Waals surface area contributed by atoms with Crippen LogP contribution in [-0.4, -0.2) is 35.6 Å². The van der Waals surface area contributed by atoms with E-state index in [0.717, 1.165) is 29.0 Å². The summed E-state index contributed by atoms with van der Waals surface area (Å²) >= 11 is 1.69. The molecule has 0 radical (unpaired) electrons. The molecule has 2 N–H and O–H groups in total. The van der Waals surface area contributed by atoms with Crippen LogP contribution in [0.2, 0.25) is 0 Å². The Balaban J connectivity index is 2.42. The maximum Gasteiger partial charge on any atom is 0.226 e. The summed E-state index contributed by atoms with van der Waals surface area (Å²) in [5, 5.41) is 6.20. The van der Waals surface area contributed by atoms with Gasteiger partial charge in [0.05, 0.1) is 5.39 Å². The van der Waals surface area contributed by atoms with Gasteiger partial charge >= 0.3 is 0 Å². The molecular formula is C12H19N5S. The third kappa shape index (κ3) is 2.88. The van der Waals surface area contributed by atoms with Gasteiger partial charge in [-0.25, -0.2) is 9.99 Å². The summed E-state index contributed by atoms with van der Waals surface area (Å²) in [5.74, 6) is 1.54. The molecule has 2 heterocycles. The third-order valence-electron chi connectivity index (χ3n) is 2.38. The van der Waals surface area contributed by atoms with Crippen molar-refractivity contribution >= 4 is 33.3 Å². The van der Waals surface area contributed by atoms with Gasteiger partial charge in [-0.15, -0.1) is 11.3 Å². The Bertz CT molecular complexity index is 534. The summed E-state index contributed by atoms with van der Waals surface area (Å²) in [4.78, 5) is 11.3. The Labute approximate surface area is 111 Å². The van der Waals surface area contributed by atoms with Crippen LogP contribution >= 0.6 is 11.3 Å². The lowest BCUT2D eigenvalue weighted by Crippen LogP contribution is -2.21. The molecule has 2 rings (SSSR count). The SMILES string of the molecule is CCCNc1nc(NN(C)C)c2cc(C)sc2n1. The fourth-order valence-electron chi connectivity index (χ4n) is 1.65. The van der Waals surface area contributed by atoms with E-state index < -0.39 is 0 Å². The van der Waals surface area contributed by atoms with E-state index in [9.17, 15) is 0 Å². The maximum absolute atomic E-state index is 4.54. The number of hydrogen-bond acceptors (Lipinski definition) is 6. The fraction of sp³-hybridized carbons (Fsp3) is 0.500. The van der Waals surface area contributed by atoms with Crippen LogP contribution in [0.4, 0.5) is 11.8 Å². The largest absolute Gasteiger partial charge is 0.354 e. The van der Waals surface area contributed by atoms with Crippen LogP contribution in [0.3, 0.4) is 0 Å². The highest BCUT2D eigenvalue weighted by atomic mass is 32.1. The molecule has 2 aromatic heterocycles. The Morgan fingerprint density at radius 1 is 1.33 bits per heavy atom. The Kier molecular flexibility index (Phi) is 3.98. The van der Waals surface area contributed by atoms with Gasteiger partial charge in [0.25, 0.3) is 0 Å². The molecule has 0 fully saturated rings. The highest BCUT2D eigenvalue weighted by molar-refractivity contribution is 7.18. The highest BCUT2D eigenvalue weighted by Crippen LogP contribution is 2.29. The summed E-state index contributed by atoms with van der Waals surface area (Å²) in [7, 11) is 3.90. The Morgan fingerprint density at radius 3 is 2.78 bits per heavy atom. The second kappa shape index (κ2) is 5.49. The van der Waals surface area contributed by atoms with E-state index in [1.54, 1.807) is 11.3 Å². The van der Waals surface area contributed by atoms with Crippen LogP contribution in [0.1, 0.15) is 18.2 Å². The first-order chi connectivity index (χ1) is 8.60. The number of thiophene rings is 1. The van der Waals surface area contributed by atoms with Crippen molar-refractivity contribution < 1.29 is 0 Å². The number of rotatable bonds is 5. The molecule has 5 nitrogen and oxygen atoms in total. The quantitative estimate of drug-likeness (QED) is 0.814. The molecule has 0 unspecified atom stereocenters. The van der Waals surface area contributed by atoms with E-state index in [1.807, 2.05) is 19.1 Å². The van der Waals surface area contributed by atoms with Crippen LogP contribution in [0.25, 0.3) is 10.2 Å². The first-order valence-electron chi connectivity index (χ1n) is 6.06. The van der Waals surface area contributed by atoms with Gasteiger partial charge in [0.1, 0.15) is 4.83 Å². The molecular weight excluding hydrogens is 246 g/mol. The molecule has 0 aliphatic rings. The van der Waals surface area contributed by atoms with Gasteiger partial charge in [0.15, 0.2) is 5.82 Å². The molecule has 18 heavy (non-hydrogen) atoms. The molecule has 2 aromatic rings. The second-order valence-electron chi connectivity index (χ2n) is 4.40. The van der Waals surface area contributed by atoms with Crippen LogP contribution in [0.15, 0.2) is 6.07 Å². The lowest BCUT2D eigenvalue weighted by atomic mass is 10.3. The maximum atomic E-state index is 4.54. The molecule has 0 saturated heterocycles. The molecule has 0 atom stereocenters. The third-order valence-corrected chi connectivity index (χ3v) is 3.32. The van der Waals surface area contributed by atoms with Gasteiger partial charge in [0.2, 0.25) is 5.95 Å². The predicted octanol–water partition coefficient (Wildman–Crippen LogP) is 2.71. The number of hydrogen-bond donors (Lipinski definition) is 2. The first-order valence-corrected chi connectivity index (χ1v) is 6.88. The van der Waals surface area contributed by atoms with Crippen LogP contribution < -0.4 is 10.7 Å². The van der Waals surface area contributed by atoms with Crippen molar-refractivity contribution in [3.8, 4) is 0 Å². The first kappa shape index (κ1) is 13.0. The van der Waals surface area contributed by atoms with Crippen molar-refractivity contribution in [2.45, 2.75) is 20.3 Å². The summed E-state index contributed by atoms with van der Waals surface area (Å²) < 4.78 is 0. The molecule has 0 saturated carbocycles. The van der Waals surface area contributed by atoms with Crippen LogP contribution in [0, 0.1) is 6.92 Å². The topological polar surface area (TPSA) is 53.1 Å². The van der Waals surface area contributed by atoms with Gasteiger partial charge in [0, 0.05) is 25.5 Å². The van der Waals surface area contributed by atoms with Crippen molar-refractivity contribution in [3.05, 3.63) is 10.9 Å². The molecule has 98 valence electrons. The molecule has 0 amide bonds. The lowest BCUT2D eigenvalue weighted by Gasteiger charge is -2.14. The minimum atomic E-state index is 0.690. The number of hydrazine groups is 1. The normalized spacial score (nSPS) is 11.2. The number of fused-ring (bicyclic) bond motifs is 1. The van der Waals surface area contributed by atoms with Crippen molar-refractivity contribution in [2.24, 2.45) is 0 Å². The number of anilines is 2. The van der Waals surface area contributed by atoms with Crippen molar-refractivity contribution in [3.63, 3.8) is 0 Å². The zero-order valence-electron chi connectivity index (χ0n) is 11.2. The van der Waals surface area contributed by atoms with Crippen molar-refractivity contribution in [2.75, 3.05) is 31.4 Å². The van der Waals surface area contributed by atoms with E-state index >= 15 is 0 Å². The number of nitrogens with one attached hydrogen (secondary N) is 2. The van der Waals surface area contributed by atoms with E-state index in [1.165, 1.54) is 4.88 Å². The second-order valence-corrected chi connectivity index (χ2v) is 5.64. The fourth-order valence-corrected chi connectivity index (χ4v) is 2.53. The van der Waals surface area contributed by atoms with E-state index in [4.69, 9.17) is 0 Å². The lowest BCUT2D eigenvalue weighted by molar-refractivity contribution is 0.493. The summed E-state index contributed by atoms with van der Waals surface area (Å²) in [6.45, 7) is 5.10. The van der Waals surface area contributed by atoms with E-state index in [0.29, 0.717) is 5.95 Å². The smallest absolute Gasteiger partial charge is 0.226 e. The molecule has 0 aliphatic heterocycles. The molecule has 0 aromatic carbocycles. The van der Waals surface area contributed by atoms with Crippen molar-refractivity contribution in [1.29, 1.82) is 0 Å². The van der Waals surface area contributed by atoms with Crippen molar-refractivity contribution in [1.82, 2.24) is 15.0 Å². The molecule has 6 heteroatoms. The minimum Gasteiger partial charge on any atom is -0.354 e. The van der Waals surface area contributed by atoms with E-state index in [2.05, 4.69) is 40.6 Å². The predicted molar refractivity (Wildman–Crippen MR) is 78.2 cm³/mol. The zero-order valence-corrected chi connectivity index (χ0v) is 12.1. The van der Waals surface area contributed by atoms with Gasteiger partial charge in [-0.1, -0.05) is 6.92 Å². The average Bonchev–Trinajstić information content (AvgIpc) is 2.66. The van der Waals surface area contributed by atoms with Crippen LogP contribution in [-0.2, 0) is 0 Å². The van der Waals surface area contributed by atoms with Gasteiger partial charge < -0.3 is 10.7 Å². The van der Waals surface area contributed by atoms with Crippen LogP contribution in [0.5, 0.6) is 0 Å². The molecule has 0 bridgehead atoms. The standard InChI is InChI=1S/C12H19N5S/c1-5-6-13-12-14-10(16-17(3)4)9-7-8(2)18-11(9)15-12/h7H,5-6H2,1-4H3,(H2,13,14,15,16). The minimum absolute atomic E-state index is 0.690. The Hall–Kier alpha value is -1.40. The molecule has 0 aliphatic carbocycles. The van der Waals surface area contributed by atoms with Gasteiger partial charge in [-0.05, 0) is 19.4 Å². The summed E-state index contributed by atoms with van der Waals surface area (Å²) in [6.07, 6.45) is 1.06. The highest BCUT2D eigenvalue weighted by Gasteiger charge is 2.10.